The summed E-state index contributed by atoms with van der Waals surface area (Å²) in [6, 6.07) is 0. The molecule has 1 saturated heterocycles. The van der Waals surface area contributed by atoms with E-state index in [0.717, 1.165) is 38.6 Å². The highest BCUT2D eigenvalue weighted by Gasteiger charge is 2.13. The van der Waals surface area contributed by atoms with Crippen LogP contribution in [-0.4, -0.2) is 61.0 Å². The predicted octanol–water partition coefficient (Wildman–Crippen LogP) is 0.0425. The van der Waals surface area contributed by atoms with Gasteiger partial charge < -0.3 is 9.84 Å². The van der Waals surface area contributed by atoms with Crippen LogP contribution in [0.3, 0.4) is 0 Å². The first-order valence-electron chi connectivity index (χ1n) is 4.30. The van der Waals surface area contributed by atoms with Gasteiger partial charge >= 0.3 is 0 Å². The molecule has 1 heterocycles. The molecule has 4 heteroatoms. The summed E-state index contributed by atoms with van der Waals surface area (Å²) in [5, 5.41) is 9.50. The highest BCUT2D eigenvalue weighted by molar-refractivity contribution is 7.98. The Morgan fingerprint density at radius 2 is 2.17 bits per heavy atom. The molecule has 0 amide bonds. The Hall–Kier alpha value is 0.230. The van der Waals surface area contributed by atoms with Crippen molar-refractivity contribution < 1.29 is 9.84 Å². The van der Waals surface area contributed by atoms with Gasteiger partial charge in [-0.2, -0.15) is 11.8 Å². The molecule has 0 aromatic carbocycles. The zero-order valence-electron chi connectivity index (χ0n) is 7.53. The van der Waals surface area contributed by atoms with Crippen LogP contribution in [-0.2, 0) is 4.74 Å². The molecule has 72 valence electrons. The molecule has 0 aromatic rings. The predicted molar refractivity (Wildman–Crippen MR) is 51.6 cm³/mol. The zero-order valence-corrected chi connectivity index (χ0v) is 8.35. The van der Waals surface area contributed by atoms with E-state index in [-0.39, 0.29) is 6.10 Å². The largest absolute Gasteiger partial charge is 0.391 e. The lowest BCUT2D eigenvalue weighted by Crippen LogP contribution is -2.41. The quantitative estimate of drug-likeness (QED) is 0.680. The highest BCUT2D eigenvalue weighted by Crippen LogP contribution is 2.02. The topological polar surface area (TPSA) is 32.7 Å². The van der Waals surface area contributed by atoms with Crippen LogP contribution in [0.15, 0.2) is 0 Å². The molecule has 1 aliphatic heterocycles. The van der Waals surface area contributed by atoms with Gasteiger partial charge in [-0.15, -0.1) is 0 Å². The number of aliphatic hydroxyl groups excluding tert-OH is 1. The maximum absolute atomic E-state index is 9.50. The molecule has 0 bridgehead atoms. The molecule has 3 nitrogen and oxygen atoms in total. The molecule has 1 fully saturated rings. The van der Waals surface area contributed by atoms with Crippen molar-refractivity contribution in [2.45, 2.75) is 6.10 Å². The highest BCUT2D eigenvalue weighted by atomic mass is 32.2. The second kappa shape index (κ2) is 5.80. The van der Waals surface area contributed by atoms with Crippen molar-refractivity contribution in [2.75, 3.05) is 44.9 Å². The van der Waals surface area contributed by atoms with Gasteiger partial charge in [-0.1, -0.05) is 0 Å². The van der Waals surface area contributed by atoms with E-state index in [2.05, 4.69) is 4.90 Å². The average molecular weight is 191 g/mol. The summed E-state index contributed by atoms with van der Waals surface area (Å²) in [6.07, 6.45) is 1.83. The fourth-order valence-electron chi connectivity index (χ4n) is 1.33. The third-order valence-electron chi connectivity index (χ3n) is 1.93. The lowest BCUT2D eigenvalue weighted by Gasteiger charge is -2.28. The van der Waals surface area contributed by atoms with Crippen LogP contribution in [0.2, 0.25) is 0 Å². The molecule has 0 aromatic heterocycles. The molecule has 0 saturated carbocycles. The van der Waals surface area contributed by atoms with Crippen molar-refractivity contribution in [1.82, 2.24) is 4.90 Å². The van der Waals surface area contributed by atoms with Gasteiger partial charge in [0.25, 0.3) is 0 Å². The van der Waals surface area contributed by atoms with E-state index < -0.39 is 0 Å². The third kappa shape index (κ3) is 3.76. The average Bonchev–Trinajstić information content (AvgIpc) is 2.06. The number of hydrogen-bond donors (Lipinski definition) is 1. The zero-order chi connectivity index (χ0) is 8.81. The number of β-amino-alcohol motifs (C(OH)–C–C–N with tert-alkyl or cyclic N) is 1. The van der Waals surface area contributed by atoms with Crippen molar-refractivity contribution in [1.29, 1.82) is 0 Å². The summed E-state index contributed by atoms with van der Waals surface area (Å²) in [4.78, 5) is 2.25. The number of nitrogens with zero attached hydrogens (tertiary/aromatic N) is 1. The minimum Gasteiger partial charge on any atom is -0.391 e. The second-order valence-corrected chi connectivity index (χ2v) is 3.93. The first-order chi connectivity index (χ1) is 5.83. The van der Waals surface area contributed by atoms with E-state index in [1.807, 2.05) is 6.26 Å². The van der Waals surface area contributed by atoms with Crippen LogP contribution in [0, 0.1) is 0 Å². The molecule has 12 heavy (non-hydrogen) atoms. The summed E-state index contributed by atoms with van der Waals surface area (Å²) in [5.41, 5.74) is 0. The third-order valence-corrected chi connectivity index (χ3v) is 2.65. The van der Waals surface area contributed by atoms with E-state index in [1.54, 1.807) is 11.8 Å². The molecular weight excluding hydrogens is 174 g/mol. The summed E-state index contributed by atoms with van der Waals surface area (Å²) in [6.45, 7) is 4.35. The summed E-state index contributed by atoms with van der Waals surface area (Å²) in [7, 11) is 0. The molecule has 1 N–H and O–H groups in total. The SMILES string of the molecule is CSCC(O)CN1CCOCC1. The van der Waals surface area contributed by atoms with Gasteiger partial charge in [-0.3, -0.25) is 4.90 Å². The minimum absolute atomic E-state index is 0.182. The monoisotopic (exact) mass is 191 g/mol. The second-order valence-electron chi connectivity index (χ2n) is 3.02. The normalized spacial score (nSPS) is 22.5. The van der Waals surface area contributed by atoms with Gasteiger partial charge in [-0.05, 0) is 6.26 Å². The van der Waals surface area contributed by atoms with Crippen molar-refractivity contribution in [3.63, 3.8) is 0 Å². The Balaban J connectivity index is 2.11. The lowest BCUT2D eigenvalue weighted by atomic mass is 10.3. The fraction of sp³-hybridized carbons (Fsp3) is 1.00. The van der Waals surface area contributed by atoms with Gasteiger partial charge in [0.1, 0.15) is 0 Å². The van der Waals surface area contributed by atoms with Gasteiger partial charge in [0, 0.05) is 25.4 Å². The number of rotatable bonds is 4. The molecule has 1 rings (SSSR count). The molecule has 0 radical (unpaired) electrons. The standard InChI is InChI=1S/C8H17NO2S/c1-12-7-8(10)6-9-2-4-11-5-3-9/h8,10H,2-7H2,1H3. The fourth-order valence-corrected chi connectivity index (χ4v) is 1.82. The van der Waals surface area contributed by atoms with Gasteiger partial charge in [0.2, 0.25) is 0 Å². The number of hydrogen-bond acceptors (Lipinski definition) is 4. The Kier molecular flexibility index (Phi) is 4.99. The van der Waals surface area contributed by atoms with Crippen molar-refractivity contribution >= 4 is 11.8 Å². The number of morpholine rings is 1. The maximum atomic E-state index is 9.50. The Labute approximate surface area is 78.1 Å². The Morgan fingerprint density at radius 1 is 1.50 bits per heavy atom. The van der Waals surface area contributed by atoms with E-state index in [4.69, 9.17) is 4.74 Å². The molecule has 0 aliphatic carbocycles. The van der Waals surface area contributed by atoms with Crippen LogP contribution >= 0.6 is 11.8 Å². The van der Waals surface area contributed by atoms with E-state index in [0.29, 0.717) is 0 Å². The van der Waals surface area contributed by atoms with Crippen molar-refractivity contribution in [3.8, 4) is 0 Å². The van der Waals surface area contributed by atoms with Crippen molar-refractivity contribution in [2.24, 2.45) is 0 Å². The van der Waals surface area contributed by atoms with E-state index >= 15 is 0 Å². The van der Waals surface area contributed by atoms with Gasteiger partial charge in [0.15, 0.2) is 0 Å². The molecule has 1 aliphatic rings. The number of thioether (sulfide) groups is 1. The van der Waals surface area contributed by atoms with Crippen LogP contribution in [0.1, 0.15) is 0 Å². The smallest absolute Gasteiger partial charge is 0.0757 e. The summed E-state index contributed by atoms with van der Waals surface area (Å²) < 4.78 is 5.21. The molecule has 1 atom stereocenters. The lowest BCUT2D eigenvalue weighted by molar-refractivity contribution is 0.0188. The molecule has 0 spiro atoms. The Morgan fingerprint density at radius 3 is 2.75 bits per heavy atom. The first kappa shape index (κ1) is 10.3. The van der Waals surface area contributed by atoms with E-state index in [1.165, 1.54) is 0 Å². The minimum atomic E-state index is -0.182. The number of ether oxygens (including phenoxy) is 1. The van der Waals surface area contributed by atoms with Crippen LogP contribution in [0.25, 0.3) is 0 Å². The summed E-state index contributed by atoms with van der Waals surface area (Å²) >= 11 is 1.69. The summed E-state index contributed by atoms with van der Waals surface area (Å²) in [5.74, 6) is 0.831. The van der Waals surface area contributed by atoms with E-state index in [9.17, 15) is 5.11 Å². The van der Waals surface area contributed by atoms with Crippen molar-refractivity contribution in [3.05, 3.63) is 0 Å². The first-order valence-corrected chi connectivity index (χ1v) is 5.69. The van der Waals surface area contributed by atoms with Crippen LogP contribution in [0.4, 0.5) is 0 Å². The number of aliphatic hydroxyl groups is 1. The van der Waals surface area contributed by atoms with Crippen LogP contribution in [0.5, 0.6) is 0 Å². The van der Waals surface area contributed by atoms with Crippen LogP contribution < -0.4 is 0 Å². The molecular formula is C8H17NO2S. The van der Waals surface area contributed by atoms with Gasteiger partial charge in [0.05, 0.1) is 19.3 Å². The molecule has 1 unspecified atom stereocenters. The maximum Gasteiger partial charge on any atom is 0.0757 e. The van der Waals surface area contributed by atoms with Gasteiger partial charge in [-0.25, -0.2) is 0 Å². The Bertz CT molecular complexity index is 118.